The Morgan fingerprint density at radius 1 is 1.00 bits per heavy atom. The summed E-state index contributed by atoms with van der Waals surface area (Å²) in [6.07, 6.45) is 4.04. The van der Waals surface area contributed by atoms with Crippen molar-refractivity contribution >= 4 is 0 Å². The van der Waals surface area contributed by atoms with Crippen LogP contribution in [0.3, 0.4) is 0 Å². The van der Waals surface area contributed by atoms with Crippen LogP contribution >= 0.6 is 0 Å². The van der Waals surface area contributed by atoms with Crippen molar-refractivity contribution in [3.8, 4) is 16.9 Å². The van der Waals surface area contributed by atoms with Crippen molar-refractivity contribution in [2.45, 2.75) is 0 Å². The zero-order valence-corrected chi connectivity index (χ0v) is 8.01. The summed E-state index contributed by atoms with van der Waals surface area (Å²) in [6, 6.07) is 11.3. The largest absolute Gasteiger partial charge is 0.508 e. The van der Waals surface area contributed by atoms with E-state index in [1.165, 1.54) is 0 Å². The molecule has 0 aliphatic carbocycles. The maximum Gasteiger partial charge on any atom is 0.176 e. The number of aryl methyl sites for hydroxylation is 1. The fourth-order valence-corrected chi connectivity index (χ4v) is 1.41. The Kier molecular flexibility index (Phi) is 2.19. The lowest BCUT2D eigenvalue weighted by Gasteiger charge is -1.99. The molecule has 1 aromatic carbocycles. The highest BCUT2D eigenvalue weighted by Crippen LogP contribution is 2.19. The van der Waals surface area contributed by atoms with Gasteiger partial charge in [0, 0.05) is 11.6 Å². The highest BCUT2D eigenvalue weighted by molar-refractivity contribution is 5.62. The van der Waals surface area contributed by atoms with E-state index in [-0.39, 0.29) is 0 Å². The van der Waals surface area contributed by atoms with Crippen LogP contribution in [0.25, 0.3) is 11.1 Å². The Bertz CT molecular complexity index is 434. The maximum absolute atomic E-state index is 9.15. The van der Waals surface area contributed by atoms with Crippen molar-refractivity contribution in [3.05, 3.63) is 48.8 Å². The summed E-state index contributed by atoms with van der Waals surface area (Å²) < 4.78 is 2.00. The molecule has 0 fully saturated rings. The van der Waals surface area contributed by atoms with E-state index in [0.717, 1.165) is 11.1 Å². The van der Waals surface area contributed by atoms with Gasteiger partial charge in [-0.25, -0.2) is 4.57 Å². The van der Waals surface area contributed by atoms with Crippen LogP contribution in [0.5, 0.6) is 5.75 Å². The lowest BCUT2D eigenvalue weighted by molar-refractivity contribution is -0.671. The third-order valence-electron chi connectivity index (χ3n) is 2.14. The van der Waals surface area contributed by atoms with E-state index in [1.807, 2.05) is 48.3 Å². The monoisotopic (exact) mass is 186 g/mol. The van der Waals surface area contributed by atoms with E-state index < -0.39 is 0 Å². The van der Waals surface area contributed by atoms with Crippen molar-refractivity contribution in [1.29, 1.82) is 0 Å². The molecule has 2 nitrogen and oxygen atoms in total. The third kappa shape index (κ3) is 1.74. The number of rotatable bonds is 1. The van der Waals surface area contributed by atoms with Gasteiger partial charge in [-0.3, -0.25) is 0 Å². The van der Waals surface area contributed by atoms with Crippen LogP contribution in [-0.4, -0.2) is 5.11 Å². The summed E-state index contributed by atoms with van der Waals surface area (Å²) in [6.45, 7) is 0. The van der Waals surface area contributed by atoms with Crippen LogP contribution in [0.4, 0.5) is 0 Å². The first-order valence-corrected chi connectivity index (χ1v) is 4.50. The number of nitrogens with zero attached hydrogens (tertiary/aromatic N) is 1. The van der Waals surface area contributed by atoms with Gasteiger partial charge < -0.3 is 5.11 Å². The average molecular weight is 186 g/mol. The van der Waals surface area contributed by atoms with Crippen molar-refractivity contribution < 1.29 is 9.67 Å². The highest BCUT2D eigenvalue weighted by atomic mass is 16.3. The Labute approximate surface area is 83.1 Å². The third-order valence-corrected chi connectivity index (χ3v) is 2.14. The molecule has 2 rings (SSSR count). The first kappa shape index (κ1) is 8.75. The number of aromatic nitrogens is 1. The summed E-state index contributed by atoms with van der Waals surface area (Å²) in [5.41, 5.74) is 2.26. The van der Waals surface area contributed by atoms with Gasteiger partial charge in [-0.15, -0.1) is 0 Å². The minimum Gasteiger partial charge on any atom is -0.508 e. The molecule has 0 aliphatic rings. The normalized spacial score (nSPS) is 10.1. The molecule has 0 amide bonds. The molecular formula is C12H12NO+. The second-order valence-corrected chi connectivity index (χ2v) is 3.30. The molecule has 0 unspecified atom stereocenters. The Morgan fingerprint density at radius 3 is 2.36 bits per heavy atom. The molecule has 0 spiro atoms. The van der Waals surface area contributed by atoms with Crippen LogP contribution < -0.4 is 4.57 Å². The summed E-state index contributed by atoms with van der Waals surface area (Å²) >= 11 is 0. The molecule has 2 heteroatoms. The minimum absolute atomic E-state index is 0.300. The van der Waals surface area contributed by atoms with E-state index in [9.17, 15) is 0 Å². The molecule has 0 bridgehead atoms. The number of hydrogen-bond acceptors (Lipinski definition) is 1. The van der Waals surface area contributed by atoms with Crippen molar-refractivity contribution in [2.24, 2.45) is 7.05 Å². The van der Waals surface area contributed by atoms with Gasteiger partial charge in [0.25, 0.3) is 0 Å². The Morgan fingerprint density at radius 2 is 1.71 bits per heavy atom. The standard InChI is InChI=1S/C12H11NO/c1-13-8-2-3-11(9-13)10-4-6-12(14)7-5-10/h2-9H,1H3/p+1. The topological polar surface area (TPSA) is 24.1 Å². The molecule has 0 aliphatic heterocycles. The van der Waals surface area contributed by atoms with E-state index in [2.05, 4.69) is 0 Å². The number of phenolic OH excluding ortho intramolecular Hbond substituents is 1. The number of hydrogen-bond donors (Lipinski definition) is 1. The van der Waals surface area contributed by atoms with Crippen LogP contribution in [0.1, 0.15) is 0 Å². The zero-order chi connectivity index (χ0) is 9.97. The predicted octanol–water partition coefficient (Wildman–Crippen LogP) is 1.88. The van der Waals surface area contributed by atoms with E-state index >= 15 is 0 Å². The van der Waals surface area contributed by atoms with Crippen molar-refractivity contribution in [3.63, 3.8) is 0 Å². The summed E-state index contributed by atoms with van der Waals surface area (Å²) in [4.78, 5) is 0. The van der Waals surface area contributed by atoms with Gasteiger partial charge >= 0.3 is 0 Å². The maximum atomic E-state index is 9.15. The van der Waals surface area contributed by atoms with Gasteiger partial charge in [0.15, 0.2) is 12.4 Å². The lowest BCUT2D eigenvalue weighted by atomic mass is 10.1. The summed E-state index contributed by atoms with van der Waals surface area (Å²) in [7, 11) is 1.99. The smallest absolute Gasteiger partial charge is 0.176 e. The van der Waals surface area contributed by atoms with E-state index in [0.29, 0.717) is 5.75 Å². The Hall–Kier alpha value is -1.83. The molecule has 1 aromatic heterocycles. The second kappa shape index (κ2) is 3.50. The molecule has 2 aromatic rings. The van der Waals surface area contributed by atoms with Crippen LogP contribution in [0.2, 0.25) is 0 Å². The van der Waals surface area contributed by atoms with E-state index in [4.69, 9.17) is 5.11 Å². The second-order valence-electron chi connectivity index (χ2n) is 3.30. The van der Waals surface area contributed by atoms with Gasteiger partial charge in [-0.05, 0) is 23.8 Å². The number of benzene rings is 1. The molecule has 1 N–H and O–H groups in total. The molecule has 0 saturated heterocycles. The van der Waals surface area contributed by atoms with Crippen molar-refractivity contribution in [2.75, 3.05) is 0 Å². The van der Waals surface area contributed by atoms with Gasteiger partial charge in [0.05, 0.1) is 0 Å². The zero-order valence-electron chi connectivity index (χ0n) is 8.01. The lowest BCUT2D eigenvalue weighted by Crippen LogP contribution is -2.26. The van der Waals surface area contributed by atoms with Gasteiger partial charge in [0.2, 0.25) is 0 Å². The molecule has 0 radical (unpaired) electrons. The number of aromatic hydroxyl groups is 1. The fraction of sp³-hybridized carbons (Fsp3) is 0.0833. The van der Waals surface area contributed by atoms with Gasteiger partial charge in [-0.1, -0.05) is 12.1 Å². The van der Waals surface area contributed by atoms with Crippen LogP contribution in [0, 0.1) is 0 Å². The summed E-state index contributed by atoms with van der Waals surface area (Å²) in [5.74, 6) is 0.300. The quantitative estimate of drug-likeness (QED) is 0.675. The number of pyridine rings is 1. The van der Waals surface area contributed by atoms with Gasteiger partial charge in [-0.2, -0.15) is 0 Å². The molecule has 0 atom stereocenters. The molecule has 14 heavy (non-hydrogen) atoms. The van der Waals surface area contributed by atoms with Gasteiger partial charge in [0.1, 0.15) is 12.8 Å². The number of phenols is 1. The molecule has 70 valence electrons. The van der Waals surface area contributed by atoms with Crippen LogP contribution in [0.15, 0.2) is 48.8 Å². The highest BCUT2D eigenvalue weighted by Gasteiger charge is 2.00. The van der Waals surface area contributed by atoms with Crippen LogP contribution in [-0.2, 0) is 7.05 Å². The molecule has 0 saturated carbocycles. The van der Waals surface area contributed by atoms with Crippen molar-refractivity contribution in [1.82, 2.24) is 0 Å². The predicted molar refractivity (Wildman–Crippen MR) is 54.7 cm³/mol. The SMILES string of the molecule is C[n+]1cccc(-c2ccc(O)cc2)c1. The average Bonchev–Trinajstić information content (AvgIpc) is 2.19. The fourth-order valence-electron chi connectivity index (χ4n) is 1.41. The molecule has 1 heterocycles. The first-order chi connectivity index (χ1) is 6.75. The molecular weight excluding hydrogens is 174 g/mol. The van der Waals surface area contributed by atoms with E-state index in [1.54, 1.807) is 12.1 Å². The minimum atomic E-state index is 0.300. The first-order valence-electron chi connectivity index (χ1n) is 4.50. The summed E-state index contributed by atoms with van der Waals surface area (Å²) in [5, 5.41) is 9.15. The Balaban J connectivity index is 2.44.